The Morgan fingerprint density at radius 2 is 1.84 bits per heavy atom. The van der Waals surface area contributed by atoms with Gasteiger partial charge < -0.3 is 14.5 Å². The van der Waals surface area contributed by atoms with Crippen LogP contribution in [0.3, 0.4) is 0 Å². The maximum Gasteiger partial charge on any atom is 0.263 e. The Kier molecular flexibility index (Phi) is 5.81. The van der Waals surface area contributed by atoms with Gasteiger partial charge >= 0.3 is 0 Å². The van der Waals surface area contributed by atoms with Gasteiger partial charge in [-0.05, 0) is 43.3 Å². The van der Waals surface area contributed by atoms with Crippen molar-refractivity contribution in [3.05, 3.63) is 52.1 Å². The summed E-state index contributed by atoms with van der Waals surface area (Å²) in [6.45, 7) is 4.57. The first kappa shape index (κ1) is 18.0. The summed E-state index contributed by atoms with van der Waals surface area (Å²) in [4.78, 5) is 20.9. The van der Waals surface area contributed by atoms with Crippen LogP contribution in [0.5, 0.6) is 5.75 Å². The van der Waals surface area contributed by atoms with E-state index in [1.165, 1.54) is 0 Å². The molecule has 132 valence electrons. The number of aromatic nitrogens is 1. The summed E-state index contributed by atoms with van der Waals surface area (Å²) < 4.78 is 6.73. The number of halogens is 2. The molecule has 1 fully saturated rings. The minimum Gasteiger partial charge on any atom is -0.481 e. The van der Waals surface area contributed by atoms with E-state index in [9.17, 15) is 4.79 Å². The van der Waals surface area contributed by atoms with Crippen LogP contribution >= 0.6 is 27.5 Å². The van der Waals surface area contributed by atoms with Crippen molar-refractivity contribution < 1.29 is 9.53 Å². The summed E-state index contributed by atoms with van der Waals surface area (Å²) in [5, 5.41) is 0.622. The van der Waals surface area contributed by atoms with Gasteiger partial charge in [0, 0.05) is 36.8 Å². The molecule has 0 aliphatic carbocycles. The Balaban J connectivity index is 1.53. The maximum absolute atomic E-state index is 12.6. The number of benzene rings is 1. The molecule has 3 rings (SSSR count). The number of carbonyl (C=O) groups is 1. The van der Waals surface area contributed by atoms with Crippen molar-refractivity contribution in [3.8, 4) is 5.75 Å². The fourth-order valence-corrected chi connectivity index (χ4v) is 3.11. The van der Waals surface area contributed by atoms with E-state index in [1.807, 2.05) is 41.3 Å². The van der Waals surface area contributed by atoms with E-state index in [4.69, 9.17) is 16.3 Å². The highest BCUT2D eigenvalue weighted by atomic mass is 79.9. The van der Waals surface area contributed by atoms with Crippen LogP contribution < -0.4 is 9.64 Å². The fraction of sp³-hybridized carbons (Fsp3) is 0.333. The van der Waals surface area contributed by atoms with Crippen molar-refractivity contribution in [3.63, 3.8) is 0 Å². The second-order valence-electron chi connectivity index (χ2n) is 5.86. The second kappa shape index (κ2) is 8.06. The Morgan fingerprint density at radius 1 is 1.16 bits per heavy atom. The Hall–Kier alpha value is -1.79. The average Bonchev–Trinajstić information content (AvgIpc) is 2.64. The van der Waals surface area contributed by atoms with Crippen LogP contribution in [0.4, 0.5) is 5.82 Å². The van der Waals surface area contributed by atoms with Crippen molar-refractivity contribution in [2.45, 2.75) is 13.0 Å². The molecule has 7 heteroatoms. The molecule has 2 heterocycles. The number of pyridine rings is 1. The molecule has 0 radical (unpaired) electrons. The van der Waals surface area contributed by atoms with Gasteiger partial charge in [0.05, 0.1) is 5.02 Å². The third kappa shape index (κ3) is 4.64. The molecule has 1 aliphatic heterocycles. The first-order chi connectivity index (χ1) is 12.0. The molecule has 1 aromatic carbocycles. The molecule has 1 aliphatic rings. The molecule has 0 bridgehead atoms. The summed E-state index contributed by atoms with van der Waals surface area (Å²) in [5.41, 5.74) is 0. The SMILES string of the molecule is CC(Oc1ccc(Br)cc1)C(=O)N1CCN(c2ccc(Cl)cn2)CC1. The zero-order valence-corrected chi connectivity index (χ0v) is 16.2. The number of ether oxygens (including phenoxy) is 1. The van der Waals surface area contributed by atoms with E-state index in [-0.39, 0.29) is 5.91 Å². The fourth-order valence-electron chi connectivity index (χ4n) is 2.74. The van der Waals surface area contributed by atoms with Gasteiger partial charge in [-0.15, -0.1) is 0 Å². The third-order valence-electron chi connectivity index (χ3n) is 4.10. The summed E-state index contributed by atoms with van der Waals surface area (Å²) in [7, 11) is 0. The number of piperazine rings is 1. The minimum atomic E-state index is -0.513. The summed E-state index contributed by atoms with van der Waals surface area (Å²) >= 11 is 9.26. The van der Waals surface area contributed by atoms with Crippen LogP contribution in [-0.2, 0) is 4.79 Å². The van der Waals surface area contributed by atoms with E-state index < -0.39 is 6.10 Å². The summed E-state index contributed by atoms with van der Waals surface area (Å²) in [6.07, 6.45) is 1.13. The predicted octanol–water partition coefficient (Wildman–Crippen LogP) is 3.61. The summed E-state index contributed by atoms with van der Waals surface area (Å²) in [6, 6.07) is 11.2. The van der Waals surface area contributed by atoms with E-state index >= 15 is 0 Å². The highest BCUT2D eigenvalue weighted by Crippen LogP contribution is 2.19. The highest BCUT2D eigenvalue weighted by Gasteiger charge is 2.26. The number of rotatable bonds is 4. The molecule has 1 unspecified atom stereocenters. The number of hydrogen-bond acceptors (Lipinski definition) is 4. The zero-order valence-electron chi connectivity index (χ0n) is 13.9. The lowest BCUT2D eigenvalue weighted by molar-refractivity contribution is -0.138. The van der Waals surface area contributed by atoms with Crippen molar-refractivity contribution in [2.24, 2.45) is 0 Å². The van der Waals surface area contributed by atoms with Gasteiger partial charge in [-0.1, -0.05) is 27.5 Å². The van der Waals surface area contributed by atoms with Gasteiger partial charge in [0.15, 0.2) is 6.10 Å². The normalized spacial score (nSPS) is 15.8. The van der Waals surface area contributed by atoms with Gasteiger partial charge in [-0.3, -0.25) is 4.79 Å². The molecule has 1 amide bonds. The van der Waals surface area contributed by atoms with Crippen LogP contribution in [0.25, 0.3) is 0 Å². The topological polar surface area (TPSA) is 45.7 Å². The lowest BCUT2D eigenvalue weighted by atomic mass is 10.2. The zero-order chi connectivity index (χ0) is 17.8. The molecule has 1 aromatic heterocycles. The lowest BCUT2D eigenvalue weighted by Gasteiger charge is -2.36. The minimum absolute atomic E-state index is 0.00614. The van der Waals surface area contributed by atoms with Crippen molar-refractivity contribution >= 4 is 39.3 Å². The van der Waals surface area contributed by atoms with Gasteiger partial charge in [-0.2, -0.15) is 0 Å². The number of anilines is 1. The van der Waals surface area contributed by atoms with Crippen LogP contribution in [-0.4, -0.2) is 48.1 Å². The largest absolute Gasteiger partial charge is 0.481 e. The quantitative estimate of drug-likeness (QED) is 0.752. The van der Waals surface area contributed by atoms with E-state index in [0.717, 1.165) is 23.4 Å². The number of amides is 1. The van der Waals surface area contributed by atoms with Gasteiger partial charge in [-0.25, -0.2) is 4.98 Å². The standard InChI is InChI=1S/C18H19BrClN3O2/c1-13(25-16-5-2-14(19)3-6-16)18(24)23-10-8-22(9-11-23)17-7-4-15(20)12-21-17/h2-7,12-13H,8-11H2,1H3. The third-order valence-corrected chi connectivity index (χ3v) is 4.85. The molecule has 0 N–H and O–H groups in total. The van der Waals surface area contributed by atoms with Gasteiger partial charge in [0.2, 0.25) is 0 Å². The summed E-state index contributed by atoms with van der Waals surface area (Å²) in [5.74, 6) is 1.58. The van der Waals surface area contributed by atoms with Crippen LogP contribution in [0, 0.1) is 0 Å². The Bertz CT molecular complexity index is 716. The van der Waals surface area contributed by atoms with E-state index in [2.05, 4.69) is 25.8 Å². The van der Waals surface area contributed by atoms with Gasteiger partial charge in [0.25, 0.3) is 5.91 Å². The van der Waals surface area contributed by atoms with Crippen molar-refractivity contribution in [1.82, 2.24) is 9.88 Å². The molecular weight excluding hydrogens is 406 g/mol. The first-order valence-electron chi connectivity index (χ1n) is 8.10. The van der Waals surface area contributed by atoms with Gasteiger partial charge in [0.1, 0.15) is 11.6 Å². The van der Waals surface area contributed by atoms with Crippen LogP contribution in [0.2, 0.25) is 5.02 Å². The average molecular weight is 425 g/mol. The second-order valence-corrected chi connectivity index (χ2v) is 7.21. The smallest absolute Gasteiger partial charge is 0.263 e. The van der Waals surface area contributed by atoms with E-state index in [1.54, 1.807) is 13.1 Å². The monoisotopic (exact) mass is 423 g/mol. The lowest BCUT2D eigenvalue weighted by Crippen LogP contribution is -2.52. The van der Waals surface area contributed by atoms with Crippen LogP contribution in [0.1, 0.15) is 6.92 Å². The molecule has 25 heavy (non-hydrogen) atoms. The number of nitrogens with zero attached hydrogens (tertiary/aromatic N) is 3. The molecule has 0 spiro atoms. The molecule has 5 nitrogen and oxygen atoms in total. The molecule has 0 saturated carbocycles. The molecule has 1 atom stereocenters. The molecule has 1 saturated heterocycles. The number of carbonyl (C=O) groups excluding carboxylic acids is 1. The molecule has 2 aromatic rings. The predicted molar refractivity (Wildman–Crippen MR) is 102 cm³/mol. The highest BCUT2D eigenvalue weighted by molar-refractivity contribution is 9.10. The molecular formula is C18H19BrClN3O2. The van der Waals surface area contributed by atoms with Crippen molar-refractivity contribution in [1.29, 1.82) is 0 Å². The first-order valence-corrected chi connectivity index (χ1v) is 9.27. The number of hydrogen-bond donors (Lipinski definition) is 0. The Labute approximate surface area is 160 Å². The Morgan fingerprint density at radius 3 is 2.44 bits per heavy atom. The maximum atomic E-state index is 12.6. The van der Waals surface area contributed by atoms with E-state index in [0.29, 0.717) is 23.9 Å². The van der Waals surface area contributed by atoms with Crippen molar-refractivity contribution in [2.75, 3.05) is 31.1 Å². The van der Waals surface area contributed by atoms with Crippen LogP contribution in [0.15, 0.2) is 47.1 Å².